The van der Waals surface area contributed by atoms with Crippen LogP contribution in [0.5, 0.6) is 5.75 Å². The normalized spacial score (nSPS) is 14.6. The largest absolute Gasteiger partial charge is 0.483 e. The number of hydrogen-bond acceptors (Lipinski definition) is 5. The Morgan fingerprint density at radius 1 is 1.00 bits per heavy atom. The number of halogens is 1. The van der Waals surface area contributed by atoms with Gasteiger partial charge in [0.25, 0.3) is 17.7 Å². The van der Waals surface area contributed by atoms with E-state index in [4.69, 9.17) is 16.3 Å². The summed E-state index contributed by atoms with van der Waals surface area (Å²) < 4.78 is 5.66. The van der Waals surface area contributed by atoms with Gasteiger partial charge in [-0.25, -0.2) is 9.69 Å². The first kappa shape index (κ1) is 24.7. The number of imide groups is 2. The second-order valence-electron chi connectivity index (χ2n) is 8.11. The molecule has 1 saturated heterocycles. The summed E-state index contributed by atoms with van der Waals surface area (Å²) in [6, 6.07) is 17.7. The second kappa shape index (κ2) is 10.5. The Balaban J connectivity index is 1.60. The summed E-state index contributed by atoms with van der Waals surface area (Å²) in [6.07, 6.45) is 1.29. The molecule has 4 rings (SSSR count). The quantitative estimate of drug-likeness (QED) is 0.376. The number of ether oxygens (including phenoxy) is 1. The van der Waals surface area contributed by atoms with Crippen LogP contribution in [-0.4, -0.2) is 30.4 Å². The lowest BCUT2D eigenvalue weighted by Crippen LogP contribution is -2.54. The number of aryl methyl sites for hydroxylation is 2. The number of nitrogens with one attached hydrogen (secondary N) is 2. The minimum absolute atomic E-state index is 0.227. The molecule has 0 aromatic heterocycles. The van der Waals surface area contributed by atoms with Crippen LogP contribution in [0.25, 0.3) is 6.08 Å². The van der Waals surface area contributed by atoms with Crippen molar-refractivity contribution in [3.05, 3.63) is 94.0 Å². The van der Waals surface area contributed by atoms with Crippen LogP contribution in [-0.2, 0) is 14.4 Å². The van der Waals surface area contributed by atoms with Gasteiger partial charge in [-0.05, 0) is 73.5 Å². The summed E-state index contributed by atoms with van der Waals surface area (Å²) in [6.45, 7) is 3.45. The number of nitrogens with zero attached hydrogens (tertiary/aromatic N) is 1. The van der Waals surface area contributed by atoms with Crippen LogP contribution < -0.4 is 20.3 Å². The third-order valence-electron chi connectivity index (χ3n) is 5.54. The van der Waals surface area contributed by atoms with Crippen molar-refractivity contribution in [1.29, 1.82) is 0 Å². The third-order valence-corrected chi connectivity index (χ3v) is 5.77. The highest BCUT2D eigenvalue weighted by Crippen LogP contribution is 2.28. The zero-order chi connectivity index (χ0) is 25.8. The van der Waals surface area contributed by atoms with Crippen LogP contribution in [0.1, 0.15) is 16.7 Å². The topological polar surface area (TPSA) is 105 Å². The molecule has 0 radical (unpaired) electrons. The predicted molar refractivity (Wildman–Crippen MR) is 137 cm³/mol. The van der Waals surface area contributed by atoms with Gasteiger partial charge in [0.15, 0.2) is 6.61 Å². The van der Waals surface area contributed by atoms with Gasteiger partial charge in [0, 0.05) is 16.3 Å². The molecule has 0 spiro atoms. The summed E-state index contributed by atoms with van der Waals surface area (Å²) >= 11 is 6.14. The molecule has 0 unspecified atom stereocenters. The molecular formula is C27H22ClN3O5. The number of carbonyl (C=O) groups is 4. The SMILES string of the molecule is Cc1ccc(N2C(=O)NC(=O)/C(=C\c3cc(Cl)ccc3OCC(=O)Nc3ccccc3)C2=O)cc1C. The van der Waals surface area contributed by atoms with Crippen LogP contribution in [0.15, 0.2) is 72.3 Å². The molecule has 1 fully saturated rings. The summed E-state index contributed by atoms with van der Waals surface area (Å²) in [4.78, 5) is 51.6. The number of para-hydroxylation sites is 1. The van der Waals surface area contributed by atoms with Gasteiger partial charge in [-0.15, -0.1) is 0 Å². The Labute approximate surface area is 212 Å². The second-order valence-corrected chi connectivity index (χ2v) is 8.55. The molecule has 5 amide bonds. The zero-order valence-corrected chi connectivity index (χ0v) is 20.3. The maximum Gasteiger partial charge on any atom is 0.335 e. The van der Waals surface area contributed by atoms with Crippen LogP contribution in [0.4, 0.5) is 16.2 Å². The maximum absolute atomic E-state index is 13.3. The Hall–Kier alpha value is -4.43. The van der Waals surface area contributed by atoms with Crippen molar-refractivity contribution in [2.24, 2.45) is 0 Å². The number of benzene rings is 3. The Bertz CT molecular complexity index is 1400. The predicted octanol–water partition coefficient (Wildman–Crippen LogP) is 4.64. The molecule has 2 N–H and O–H groups in total. The van der Waals surface area contributed by atoms with E-state index >= 15 is 0 Å². The highest BCUT2D eigenvalue weighted by atomic mass is 35.5. The summed E-state index contributed by atoms with van der Waals surface area (Å²) in [5.41, 5.74) is 2.84. The molecule has 1 aliphatic heterocycles. The number of amides is 5. The van der Waals surface area contributed by atoms with E-state index in [9.17, 15) is 19.2 Å². The summed E-state index contributed by atoms with van der Waals surface area (Å²) in [7, 11) is 0. The molecule has 1 heterocycles. The molecule has 0 atom stereocenters. The monoisotopic (exact) mass is 503 g/mol. The third kappa shape index (κ3) is 5.45. The number of barbiturate groups is 1. The van der Waals surface area contributed by atoms with Crippen LogP contribution >= 0.6 is 11.6 Å². The van der Waals surface area contributed by atoms with Crippen LogP contribution in [0.2, 0.25) is 5.02 Å². The molecule has 9 heteroatoms. The fraction of sp³-hybridized carbons (Fsp3) is 0.111. The van der Waals surface area contributed by atoms with Gasteiger partial charge in [-0.1, -0.05) is 35.9 Å². The van der Waals surface area contributed by atoms with E-state index in [1.165, 1.54) is 18.2 Å². The summed E-state index contributed by atoms with van der Waals surface area (Å²) in [5.74, 6) is -1.81. The first-order chi connectivity index (χ1) is 17.2. The number of hydrogen-bond donors (Lipinski definition) is 2. The van der Waals surface area contributed by atoms with Gasteiger partial charge in [-0.2, -0.15) is 0 Å². The number of urea groups is 1. The first-order valence-electron chi connectivity index (χ1n) is 11.0. The van der Waals surface area contributed by atoms with E-state index in [1.54, 1.807) is 48.5 Å². The number of carbonyl (C=O) groups excluding carboxylic acids is 4. The van der Waals surface area contributed by atoms with Crippen molar-refractivity contribution in [3.63, 3.8) is 0 Å². The molecule has 3 aromatic rings. The van der Waals surface area contributed by atoms with Gasteiger partial charge in [0.05, 0.1) is 5.69 Å². The Morgan fingerprint density at radius 3 is 2.47 bits per heavy atom. The molecule has 8 nitrogen and oxygen atoms in total. The van der Waals surface area contributed by atoms with Gasteiger partial charge < -0.3 is 10.1 Å². The highest BCUT2D eigenvalue weighted by molar-refractivity contribution is 6.39. The smallest absolute Gasteiger partial charge is 0.335 e. The lowest BCUT2D eigenvalue weighted by molar-refractivity contribution is -0.122. The molecule has 0 saturated carbocycles. The standard InChI is InChI=1S/C27H22ClN3O5/c1-16-8-10-21(12-17(16)2)31-26(34)22(25(33)30-27(31)35)14-18-13-19(28)9-11-23(18)36-15-24(32)29-20-6-4-3-5-7-20/h3-14H,15H2,1-2H3,(H,29,32)(H,30,33,35)/b22-14+. The molecule has 0 aliphatic carbocycles. The minimum Gasteiger partial charge on any atom is -0.483 e. The molecule has 1 aliphatic rings. The lowest BCUT2D eigenvalue weighted by atomic mass is 10.0. The van der Waals surface area contributed by atoms with Gasteiger partial charge in [0.1, 0.15) is 11.3 Å². The van der Waals surface area contributed by atoms with E-state index in [2.05, 4.69) is 10.6 Å². The van der Waals surface area contributed by atoms with Gasteiger partial charge in [0.2, 0.25) is 0 Å². The van der Waals surface area contributed by atoms with Crippen LogP contribution in [0, 0.1) is 13.8 Å². The number of anilines is 2. The number of rotatable bonds is 6. The maximum atomic E-state index is 13.3. The average molecular weight is 504 g/mol. The van der Waals surface area contributed by atoms with E-state index in [-0.39, 0.29) is 17.9 Å². The fourth-order valence-corrected chi connectivity index (χ4v) is 3.72. The fourth-order valence-electron chi connectivity index (χ4n) is 3.54. The van der Waals surface area contributed by atoms with E-state index < -0.39 is 23.8 Å². The lowest BCUT2D eigenvalue weighted by Gasteiger charge is -2.27. The average Bonchev–Trinajstić information content (AvgIpc) is 2.84. The summed E-state index contributed by atoms with van der Waals surface area (Å²) in [5, 5.41) is 5.23. The van der Waals surface area contributed by atoms with Crippen molar-refractivity contribution in [2.45, 2.75) is 13.8 Å². The van der Waals surface area contributed by atoms with E-state index in [1.807, 2.05) is 19.9 Å². The molecule has 182 valence electrons. The van der Waals surface area contributed by atoms with Crippen molar-refractivity contribution in [2.75, 3.05) is 16.8 Å². The van der Waals surface area contributed by atoms with Crippen molar-refractivity contribution in [1.82, 2.24) is 5.32 Å². The minimum atomic E-state index is -0.849. The van der Waals surface area contributed by atoms with Gasteiger partial charge in [-0.3, -0.25) is 19.7 Å². The Morgan fingerprint density at radius 2 is 1.75 bits per heavy atom. The molecule has 3 aromatic carbocycles. The van der Waals surface area contributed by atoms with E-state index in [0.717, 1.165) is 16.0 Å². The first-order valence-corrected chi connectivity index (χ1v) is 11.4. The van der Waals surface area contributed by atoms with Crippen molar-refractivity contribution >= 4 is 52.8 Å². The van der Waals surface area contributed by atoms with Crippen LogP contribution in [0.3, 0.4) is 0 Å². The van der Waals surface area contributed by atoms with Crippen molar-refractivity contribution < 1.29 is 23.9 Å². The molecule has 36 heavy (non-hydrogen) atoms. The molecule has 0 bridgehead atoms. The van der Waals surface area contributed by atoms with Crippen molar-refractivity contribution in [3.8, 4) is 5.75 Å². The highest BCUT2D eigenvalue weighted by Gasteiger charge is 2.37. The van der Waals surface area contributed by atoms with Gasteiger partial charge >= 0.3 is 6.03 Å². The zero-order valence-electron chi connectivity index (χ0n) is 19.5. The van der Waals surface area contributed by atoms with E-state index in [0.29, 0.717) is 22.0 Å². The Kier molecular flexibility index (Phi) is 7.17. The molecular weight excluding hydrogens is 482 g/mol.